The number of aryl methyl sites for hydroxylation is 1. The van der Waals surface area contributed by atoms with Crippen molar-refractivity contribution >= 4 is 5.82 Å². The van der Waals surface area contributed by atoms with Crippen molar-refractivity contribution in [3.8, 4) is 11.5 Å². The molecule has 3 rings (SSSR count). The number of hydrogen-bond donors (Lipinski definition) is 3. The van der Waals surface area contributed by atoms with Crippen molar-refractivity contribution in [1.82, 2.24) is 15.0 Å². The highest BCUT2D eigenvalue weighted by molar-refractivity contribution is 5.54. The Hall–Kier alpha value is -1.88. The van der Waals surface area contributed by atoms with E-state index in [4.69, 9.17) is 5.73 Å². The molecule has 0 saturated heterocycles. The van der Waals surface area contributed by atoms with Crippen LogP contribution in [0.15, 0.2) is 18.2 Å². The lowest BCUT2D eigenvalue weighted by molar-refractivity contribution is 1.01. The van der Waals surface area contributed by atoms with Crippen molar-refractivity contribution in [2.45, 2.75) is 25.7 Å². The zero-order valence-corrected chi connectivity index (χ0v) is 11.1. The molecule has 1 aliphatic carbocycles. The zero-order valence-electron chi connectivity index (χ0n) is 11.1. The quantitative estimate of drug-likeness (QED) is 0.765. The van der Waals surface area contributed by atoms with Gasteiger partial charge in [-0.15, -0.1) is 0 Å². The molecule has 0 radical (unpaired) electrons. The highest BCUT2D eigenvalue weighted by Crippen LogP contribution is 2.41. The van der Waals surface area contributed by atoms with Crippen LogP contribution in [-0.4, -0.2) is 28.0 Å². The molecule has 0 atom stereocenters. The van der Waals surface area contributed by atoms with E-state index < -0.39 is 0 Å². The fourth-order valence-corrected chi connectivity index (χ4v) is 2.23. The van der Waals surface area contributed by atoms with Gasteiger partial charge in [0.05, 0.1) is 5.69 Å². The molecule has 2 heterocycles. The third kappa shape index (κ3) is 2.61. The molecule has 1 aliphatic rings. The fourth-order valence-electron chi connectivity index (χ4n) is 2.23. The average Bonchev–Trinajstić information content (AvgIpc) is 3.20. The predicted molar refractivity (Wildman–Crippen MR) is 76.1 cm³/mol. The van der Waals surface area contributed by atoms with Gasteiger partial charge in [0.15, 0.2) is 5.82 Å². The molecule has 2 aromatic heterocycles. The number of hydrogen-bond acceptors (Lipinski definition) is 4. The molecule has 19 heavy (non-hydrogen) atoms. The van der Waals surface area contributed by atoms with Gasteiger partial charge in [-0.05, 0) is 31.9 Å². The van der Waals surface area contributed by atoms with E-state index in [-0.39, 0.29) is 0 Å². The maximum atomic E-state index is 5.48. The first-order chi connectivity index (χ1) is 9.28. The van der Waals surface area contributed by atoms with Gasteiger partial charge in [0, 0.05) is 24.7 Å². The summed E-state index contributed by atoms with van der Waals surface area (Å²) in [6.07, 6.45) is 2.54. The molecule has 0 spiro atoms. The Kier molecular flexibility index (Phi) is 3.21. The van der Waals surface area contributed by atoms with Crippen LogP contribution in [0.2, 0.25) is 0 Å². The number of aromatic nitrogens is 3. The number of anilines is 1. The summed E-state index contributed by atoms with van der Waals surface area (Å²) in [6.45, 7) is 3.38. The van der Waals surface area contributed by atoms with E-state index in [1.165, 1.54) is 18.5 Å². The molecule has 0 aromatic carbocycles. The van der Waals surface area contributed by atoms with E-state index >= 15 is 0 Å². The molecule has 0 unspecified atom stereocenters. The lowest BCUT2D eigenvalue weighted by Gasteiger charge is -2.04. The Morgan fingerprint density at radius 3 is 2.95 bits per heavy atom. The van der Waals surface area contributed by atoms with Gasteiger partial charge in [-0.25, -0.2) is 9.97 Å². The van der Waals surface area contributed by atoms with Gasteiger partial charge in [0.2, 0.25) is 0 Å². The van der Waals surface area contributed by atoms with Crippen LogP contribution in [0, 0.1) is 6.92 Å². The summed E-state index contributed by atoms with van der Waals surface area (Å²) in [4.78, 5) is 12.6. The highest BCUT2D eigenvalue weighted by Gasteiger charge is 2.27. The number of nitrogens with two attached hydrogens (primary N) is 1. The van der Waals surface area contributed by atoms with Crippen molar-refractivity contribution in [2.24, 2.45) is 5.73 Å². The van der Waals surface area contributed by atoms with Crippen LogP contribution in [0.4, 0.5) is 5.82 Å². The topological polar surface area (TPSA) is 79.6 Å². The molecule has 0 aliphatic heterocycles. The van der Waals surface area contributed by atoms with Crippen LogP contribution < -0.4 is 11.1 Å². The van der Waals surface area contributed by atoms with E-state index in [1.807, 2.05) is 18.2 Å². The van der Waals surface area contributed by atoms with Gasteiger partial charge in [0.1, 0.15) is 11.5 Å². The van der Waals surface area contributed by atoms with Crippen molar-refractivity contribution in [3.63, 3.8) is 0 Å². The van der Waals surface area contributed by atoms with Crippen molar-refractivity contribution in [3.05, 3.63) is 29.6 Å². The molecule has 2 aromatic rings. The van der Waals surface area contributed by atoms with E-state index in [2.05, 4.69) is 27.2 Å². The largest absolute Gasteiger partial charge is 0.369 e. The average molecular weight is 257 g/mol. The number of rotatable bonds is 5. The Balaban J connectivity index is 1.86. The van der Waals surface area contributed by atoms with E-state index in [0.29, 0.717) is 12.5 Å². The number of aromatic amines is 1. The first kappa shape index (κ1) is 12.2. The van der Waals surface area contributed by atoms with Gasteiger partial charge in [0.25, 0.3) is 0 Å². The molecule has 100 valence electrons. The Morgan fingerprint density at radius 2 is 2.21 bits per heavy atom. The van der Waals surface area contributed by atoms with Crippen LogP contribution in [-0.2, 0) is 0 Å². The fraction of sp³-hybridized carbons (Fsp3) is 0.429. The van der Waals surface area contributed by atoms with Crippen molar-refractivity contribution < 1.29 is 0 Å². The Bertz CT molecular complexity index is 571. The molecular formula is C14H19N5. The van der Waals surface area contributed by atoms with Crippen LogP contribution in [0.1, 0.15) is 30.1 Å². The van der Waals surface area contributed by atoms with Gasteiger partial charge in [-0.2, -0.15) is 0 Å². The molecular weight excluding hydrogens is 238 g/mol. The van der Waals surface area contributed by atoms with Crippen molar-refractivity contribution in [1.29, 1.82) is 0 Å². The Morgan fingerprint density at radius 1 is 1.37 bits per heavy atom. The van der Waals surface area contributed by atoms with Crippen molar-refractivity contribution in [2.75, 3.05) is 18.4 Å². The standard InChI is InChI=1S/C14H19N5/c1-9-13(10-5-6-10)19-14(17-9)11-3-2-4-12(18-11)16-8-7-15/h2-4,10H,5-8,15H2,1H3,(H,16,18)(H,17,19). The smallest absolute Gasteiger partial charge is 0.156 e. The second-order valence-electron chi connectivity index (χ2n) is 4.98. The molecule has 5 heteroatoms. The van der Waals surface area contributed by atoms with Crippen LogP contribution in [0.5, 0.6) is 0 Å². The summed E-state index contributed by atoms with van der Waals surface area (Å²) >= 11 is 0. The van der Waals surface area contributed by atoms with Crippen LogP contribution in [0.25, 0.3) is 11.5 Å². The zero-order chi connectivity index (χ0) is 13.2. The first-order valence-corrected chi connectivity index (χ1v) is 6.76. The number of nitrogens with one attached hydrogen (secondary N) is 2. The summed E-state index contributed by atoms with van der Waals surface area (Å²) in [5, 5.41) is 3.18. The molecule has 1 saturated carbocycles. The summed E-state index contributed by atoms with van der Waals surface area (Å²) < 4.78 is 0. The van der Waals surface area contributed by atoms with Crippen LogP contribution in [0.3, 0.4) is 0 Å². The lowest BCUT2D eigenvalue weighted by atomic mass is 10.2. The van der Waals surface area contributed by atoms with E-state index in [1.54, 1.807) is 0 Å². The predicted octanol–water partition coefficient (Wildman–Crippen LogP) is 2.03. The highest BCUT2D eigenvalue weighted by atomic mass is 15.0. The minimum atomic E-state index is 0.595. The Labute approximate surface area is 112 Å². The van der Waals surface area contributed by atoms with Gasteiger partial charge < -0.3 is 16.0 Å². The number of nitrogens with zero attached hydrogens (tertiary/aromatic N) is 2. The summed E-state index contributed by atoms with van der Waals surface area (Å²) in [5.41, 5.74) is 8.72. The third-order valence-electron chi connectivity index (χ3n) is 3.35. The number of pyridine rings is 1. The molecule has 5 nitrogen and oxygen atoms in total. The van der Waals surface area contributed by atoms with Gasteiger partial charge >= 0.3 is 0 Å². The lowest BCUT2D eigenvalue weighted by Crippen LogP contribution is -2.13. The van der Waals surface area contributed by atoms with Gasteiger partial charge in [-0.1, -0.05) is 6.07 Å². The number of imidazole rings is 1. The van der Waals surface area contributed by atoms with E-state index in [0.717, 1.165) is 29.6 Å². The summed E-state index contributed by atoms with van der Waals surface area (Å²) in [6, 6.07) is 5.90. The molecule has 0 bridgehead atoms. The maximum Gasteiger partial charge on any atom is 0.156 e. The molecule has 1 fully saturated rings. The minimum Gasteiger partial charge on any atom is -0.369 e. The summed E-state index contributed by atoms with van der Waals surface area (Å²) in [7, 11) is 0. The molecule has 0 amide bonds. The minimum absolute atomic E-state index is 0.595. The first-order valence-electron chi connectivity index (χ1n) is 6.76. The second kappa shape index (κ2) is 5.01. The second-order valence-corrected chi connectivity index (χ2v) is 4.98. The van der Waals surface area contributed by atoms with E-state index in [9.17, 15) is 0 Å². The number of H-pyrrole nitrogens is 1. The summed E-state index contributed by atoms with van der Waals surface area (Å²) in [5.74, 6) is 2.38. The third-order valence-corrected chi connectivity index (χ3v) is 3.35. The maximum absolute atomic E-state index is 5.48. The normalized spacial score (nSPS) is 14.6. The monoisotopic (exact) mass is 257 g/mol. The molecule has 4 N–H and O–H groups in total. The van der Waals surface area contributed by atoms with Gasteiger partial charge in [-0.3, -0.25) is 0 Å². The SMILES string of the molecule is Cc1nc(-c2cccc(NCCN)n2)[nH]c1C1CC1. The van der Waals surface area contributed by atoms with Crippen LogP contribution >= 0.6 is 0 Å².